The smallest absolute Gasteiger partial charge is 0.274 e. The first kappa shape index (κ1) is 19.8. The number of fused-ring (bicyclic) bond motifs is 1. The Hall–Kier alpha value is -1.92. The topological polar surface area (TPSA) is 50.2 Å². The van der Waals surface area contributed by atoms with Gasteiger partial charge in [0.2, 0.25) is 0 Å². The lowest BCUT2D eigenvalue weighted by Crippen LogP contribution is -2.47. The third-order valence-electron chi connectivity index (χ3n) is 5.58. The highest BCUT2D eigenvalue weighted by Gasteiger charge is 2.32. The van der Waals surface area contributed by atoms with Gasteiger partial charge in [-0.1, -0.05) is 6.07 Å². The second-order valence-electron chi connectivity index (χ2n) is 7.37. The Balaban J connectivity index is 0.00000210. The molecule has 1 N–H and O–H groups in total. The fourth-order valence-electron chi connectivity index (χ4n) is 4.14. The summed E-state index contributed by atoms with van der Waals surface area (Å²) in [5, 5.41) is 7.85. The van der Waals surface area contributed by atoms with Crippen molar-refractivity contribution in [2.75, 3.05) is 20.1 Å². The zero-order chi connectivity index (χ0) is 18.3. The minimum atomic E-state index is -0.297. The molecule has 0 saturated carbocycles. The second-order valence-corrected chi connectivity index (χ2v) is 7.37. The Morgan fingerprint density at radius 3 is 2.85 bits per heavy atom. The molecule has 1 saturated heterocycles. The Bertz CT molecular complexity index is 851. The molecule has 0 spiro atoms. The molecular weight excluding hydrogens is 367 g/mol. The number of likely N-dealkylation sites (N-methyl/N-ethyl adjacent to an activating group) is 1. The van der Waals surface area contributed by atoms with Crippen LogP contribution < -0.4 is 5.32 Å². The van der Waals surface area contributed by atoms with Gasteiger partial charge in [0, 0.05) is 30.4 Å². The highest BCUT2D eigenvalue weighted by atomic mass is 35.5. The van der Waals surface area contributed by atoms with Gasteiger partial charge in [0.05, 0.1) is 0 Å². The molecule has 0 radical (unpaired) electrons. The molecule has 1 unspecified atom stereocenters. The number of carbonyl (C=O) groups is 1. The van der Waals surface area contributed by atoms with E-state index >= 15 is 0 Å². The molecule has 1 aromatic carbocycles. The van der Waals surface area contributed by atoms with Gasteiger partial charge in [-0.25, -0.2) is 9.07 Å². The van der Waals surface area contributed by atoms with E-state index < -0.39 is 0 Å². The van der Waals surface area contributed by atoms with Gasteiger partial charge in [-0.2, -0.15) is 5.10 Å². The maximum Gasteiger partial charge on any atom is 0.274 e. The van der Waals surface area contributed by atoms with Crippen LogP contribution in [0.1, 0.15) is 46.6 Å². The average molecular weight is 393 g/mol. The number of hydrogen-bond acceptors (Lipinski definition) is 3. The zero-order valence-electron chi connectivity index (χ0n) is 15.8. The van der Waals surface area contributed by atoms with Crippen molar-refractivity contribution in [1.29, 1.82) is 0 Å². The minimum absolute atomic E-state index is 0. The molecule has 5 nitrogen and oxygen atoms in total. The van der Waals surface area contributed by atoms with Gasteiger partial charge in [0.1, 0.15) is 11.5 Å². The Morgan fingerprint density at radius 1 is 1.30 bits per heavy atom. The maximum absolute atomic E-state index is 14.5. The quantitative estimate of drug-likeness (QED) is 0.873. The van der Waals surface area contributed by atoms with E-state index in [9.17, 15) is 9.18 Å². The number of piperidine rings is 1. The molecule has 27 heavy (non-hydrogen) atoms. The van der Waals surface area contributed by atoms with Crippen molar-refractivity contribution >= 4 is 18.3 Å². The number of halogens is 2. The molecule has 2 aromatic rings. The van der Waals surface area contributed by atoms with Crippen LogP contribution in [0, 0.1) is 12.7 Å². The number of aromatic nitrogens is 2. The van der Waals surface area contributed by atoms with Crippen LogP contribution in [0.2, 0.25) is 0 Å². The fraction of sp³-hybridized carbons (Fsp3) is 0.500. The number of aryl methyl sites for hydroxylation is 1. The number of amides is 1. The zero-order valence-corrected chi connectivity index (χ0v) is 16.6. The number of rotatable bonds is 3. The summed E-state index contributed by atoms with van der Waals surface area (Å²) in [5.41, 5.74) is 3.80. The van der Waals surface area contributed by atoms with Crippen LogP contribution in [0.5, 0.6) is 0 Å². The van der Waals surface area contributed by atoms with Crippen molar-refractivity contribution in [1.82, 2.24) is 20.0 Å². The summed E-state index contributed by atoms with van der Waals surface area (Å²) in [5.74, 6) is -0.316. The monoisotopic (exact) mass is 392 g/mol. The van der Waals surface area contributed by atoms with Crippen molar-refractivity contribution < 1.29 is 9.18 Å². The van der Waals surface area contributed by atoms with E-state index in [1.807, 2.05) is 24.9 Å². The lowest BCUT2D eigenvalue weighted by molar-refractivity contribution is 0.0690. The van der Waals surface area contributed by atoms with Crippen molar-refractivity contribution in [3.63, 3.8) is 0 Å². The molecule has 1 aromatic heterocycles. The Morgan fingerprint density at radius 2 is 2.11 bits per heavy atom. The van der Waals surface area contributed by atoms with Gasteiger partial charge in [-0.15, -0.1) is 12.4 Å². The van der Waals surface area contributed by atoms with Crippen LogP contribution in [0.25, 0.3) is 5.69 Å². The molecule has 7 heteroatoms. The molecule has 146 valence electrons. The number of likely N-dealkylation sites (tertiary alicyclic amines) is 1. The number of benzene rings is 1. The standard InChI is InChI=1S/C20H25FN4O.ClH/c1-13-8-9-18(16(21)11-13)25-17-7-3-6-15(17)19(23-25)20(26)24-10-4-5-14(12-24)22-2;/h8-9,11,14,22H,3-7,10,12H2,1-2H3;1H. The average Bonchev–Trinajstić information content (AvgIpc) is 3.24. The molecular formula is C20H26ClFN4O. The van der Waals surface area contributed by atoms with Gasteiger partial charge in [0.25, 0.3) is 5.91 Å². The van der Waals surface area contributed by atoms with E-state index in [2.05, 4.69) is 10.4 Å². The molecule has 2 heterocycles. The predicted octanol–water partition coefficient (Wildman–Crippen LogP) is 3.05. The van der Waals surface area contributed by atoms with Crippen molar-refractivity contribution in [2.45, 2.75) is 45.1 Å². The summed E-state index contributed by atoms with van der Waals surface area (Å²) in [6, 6.07) is 5.48. The van der Waals surface area contributed by atoms with E-state index in [4.69, 9.17) is 0 Å². The summed E-state index contributed by atoms with van der Waals surface area (Å²) in [7, 11) is 1.94. The second kappa shape index (κ2) is 7.98. The normalized spacial score (nSPS) is 18.9. The van der Waals surface area contributed by atoms with Gasteiger partial charge in [-0.3, -0.25) is 4.79 Å². The molecule has 1 fully saturated rings. The number of nitrogens with zero attached hydrogens (tertiary/aromatic N) is 3. The molecule has 1 atom stereocenters. The van der Waals surface area contributed by atoms with Crippen LogP contribution in [-0.4, -0.2) is 46.8 Å². The number of hydrogen-bond donors (Lipinski definition) is 1. The first-order chi connectivity index (χ1) is 12.6. The predicted molar refractivity (Wildman–Crippen MR) is 106 cm³/mol. The van der Waals surface area contributed by atoms with E-state index in [-0.39, 0.29) is 24.1 Å². The first-order valence-electron chi connectivity index (χ1n) is 9.42. The summed E-state index contributed by atoms with van der Waals surface area (Å²) in [6.07, 6.45) is 4.74. The minimum Gasteiger partial charge on any atom is -0.336 e. The highest BCUT2D eigenvalue weighted by molar-refractivity contribution is 5.94. The van der Waals surface area contributed by atoms with Crippen LogP contribution in [0.4, 0.5) is 4.39 Å². The third-order valence-corrected chi connectivity index (χ3v) is 5.58. The number of nitrogens with one attached hydrogen (secondary N) is 1. The largest absolute Gasteiger partial charge is 0.336 e. The van der Waals surface area contributed by atoms with Crippen LogP contribution in [0.15, 0.2) is 18.2 Å². The Kier molecular flexibility index (Phi) is 5.86. The van der Waals surface area contributed by atoms with E-state index in [0.29, 0.717) is 24.0 Å². The van der Waals surface area contributed by atoms with E-state index in [0.717, 1.165) is 55.5 Å². The fourth-order valence-corrected chi connectivity index (χ4v) is 4.14. The summed E-state index contributed by atoms with van der Waals surface area (Å²) < 4.78 is 16.2. The highest BCUT2D eigenvalue weighted by Crippen LogP contribution is 2.30. The molecule has 1 amide bonds. The maximum atomic E-state index is 14.5. The van der Waals surface area contributed by atoms with Crippen LogP contribution >= 0.6 is 12.4 Å². The molecule has 0 bridgehead atoms. The van der Waals surface area contributed by atoms with Crippen LogP contribution in [0.3, 0.4) is 0 Å². The SMILES string of the molecule is CNC1CCCN(C(=O)c2nn(-c3ccc(C)cc3F)c3c2CCC3)C1.Cl. The lowest BCUT2D eigenvalue weighted by Gasteiger charge is -2.32. The van der Waals surface area contributed by atoms with Crippen LogP contribution in [-0.2, 0) is 12.8 Å². The Labute approximate surface area is 165 Å². The van der Waals surface area contributed by atoms with E-state index in [1.54, 1.807) is 10.7 Å². The summed E-state index contributed by atoms with van der Waals surface area (Å²) in [6.45, 7) is 3.33. The van der Waals surface area contributed by atoms with Gasteiger partial charge in [-0.05, 0) is 63.8 Å². The summed E-state index contributed by atoms with van der Waals surface area (Å²) in [4.78, 5) is 15.0. The first-order valence-corrected chi connectivity index (χ1v) is 9.42. The summed E-state index contributed by atoms with van der Waals surface area (Å²) >= 11 is 0. The van der Waals surface area contributed by atoms with Gasteiger partial charge >= 0.3 is 0 Å². The number of carbonyl (C=O) groups excluding carboxylic acids is 1. The van der Waals surface area contributed by atoms with Crippen molar-refractivity contribution in [3.8, 4) is 5.69 Å². The van der Waals surface area contributed by atoms with Gasteiger partial charge < -0.3 is 10.2 Å². The molecule has 1 aliphatic carbocycles. The van der Waals surface area contributed by atoms with Crippen molar-refractivity contribution in [2.24, 2.45) is 0 Å². The molecule has 1 aliphatic heterocycles. The molecule has 4 rings (SSSR count). The lowest BCUT2D eigenvalue weighted by atomic mass is 10.0. The van der Waals surface area contributed by atoms with Gasteiger partial charge in [0.15, 0.2) is 5.69 Å². The molecule has 2 aliphatic rings. The van der Waals surface area contributed by atoms with E-state index in [1.165, 1.54) is 6.07 Å². The third kappa shape index (κ3) is 3.60. The van der Waals surface area contributed by atoms with Crippen molar-refractivity contribution in [3.05, 3.63) is 46.5 Å².